The summed E-state index contributed by atoms with van der Waals surface area (Å²) in [7, 11) is 1.67. The molecule has 0 bridgehead atoms. The first-order chi connectivity index (χ1) is 10.7. The van der Waals surface area contributed by atoms with Crippen LogP contribution in [0.25, 0.3) is 0 Å². The van der Waals surface area contributed by atoms with Crippen LogP contribution in [0.1, 0.15) is 22.6 Å². The van der Waals surface area contributed by atoms with Crippen LogP contribution in [0.15, 0.2) is 40.8 Å². The Labute approximate surface area is 133 Å². The SMILES string of the molecule is COCc1ccccc1CNCc1ccc(CSC(F)F)o1. The van der Waals surface area contributed by atoms with Crippen molar-refractivity contribution in [2.24, 2.45) is 0 Å². The molecule has 1 heterocycles. The molecule has 22 heavy (non-hydrogen) atoms. The van der Waals surface area contributed by atoms with Crippen LogP contribution < -0.4 is 5.32 Å². The van der Waals surface area contributed by atoms with E-state index in [-0.39, 0.29) is 5.75 Å². The first-order valence-corrected chi connectivity index (χ1v) is 7.97. The Morgan fingerprint density at radius 2 is 1.82 bits per heavy atom. The smallest absolute Gasteiger partial charge is 0.284 e. The maximum Gasteiger partial charge on any atom is 0.284 e. The molecule has 1 aromatic carbocycles. The predicted molar refractivity (Wildman–Crippen MR) is 83.7 cm³/mol. The molecular weight excluding hydrogens is 308 g/mol. The molecule has 3 nitrogen and oxygen atoms in total. The standard InChI is InChI=1S/C16H19F2NO2S/c1-20-10-13-5-3-2-4-12(13)8-19-9-14-6-7-15(21-14)11-22-16(17)18/h2-7,16,19H,8-11H2,1H3. The molecule has 0 spiro atoms. The molecule has 0 aliphatic heterocycles. The van der Waals surface area contributed by atoms with Crippen LogP contribution in [0.3, 0.4) is 0 Å². The number of benzene rings is 1. The second-order valence-corrected chi connectivity index (χ2v) is 5.72. The highest BCUT2D eigenvalue weighted by atomic mass is 32.2. The number of halogens is 2. The molecule has 2 rings (SSSR count). The lowest BCUT2D eigenvalue weighted by Crippen LogP contribution is -2.13. The van der Waals surface area contributed by atoms with Crippen LogP contribution in [0.5, 0.6) is 0 Å². The Morgan fingerprint density at radius 3 is 2.55 bits per heavy atom. The number of alkyl halides is 2. The fourth-order valence-electron chi connectivity index (χ4n) is 2.09. The molecule has 0 saturated carbocycles. The second kappa shape index (κ2) is 8.92. The highest BCUT2D eigenvalue weighted by Crippen LogP contribution is 2.21. The topological polar surface area (TPSA) is 34.4 Å². The summed E-state index contributed by atoms with van der Waals surface area (Å²) in [6, 6.07) is 11.6. The zero-order valence-corrected chi connectivity index (χ0v) is 13.2. The molecule has 0 fully saturated rings. The number of methoxy groups -OCH3 is 1. The Hall–Kier alpha value is -1.37. The maximum absolute atomic E-state index is 12.1. The summed E-state index contributed by atoms with van der Waals surface area (Å²) >= 11 is 0.564. The minimum Gasteiger partial charge on any atom is -0.464 e. The molecule has 1 N–H and O–H groups in total. The van der Waals surface area contributed by atoms with E-state index in [4.69, 9.17) is 9.15 Å². The molecule has 0 amide bonds. The first kappa shape index (κ1) is 17.0. The lowest BCUT2D eigenvalue weighted by molar-refractivity contribution is 0.184. The van der Waals surface area contributed by atoms with Gasteiger partial charge in [0.25, 0.3) is 5.76 Å². The van der Waals surface area contributed by atoms with Gasteiger partial charge in [0.2, 0.25) is 0 Å². The summed E-state index contributed by atoms with van der Waals surface area (Å²) < 4.78 is 34.9. The van der Waals surface area contributed by atoms with E-state index in [2.05, 4.69) is 5.32 Å². The van der Waals surface area contributed by atoms with Crippen LogP contribution >= 0.6 is 11.8 Å². The summed E-state index contributed by atoms with van der Waals surface area (Å²) in [5.41, 5.74) is 2.32. The average Bonchev–Trinajstić information content (AvgIpc) is 2.95. The third-order valence-corrected chi connectivity index (χ3v) is 3.80. The van der Waals surface area contributed by atoms with Gasteiger partial charge in [0.15, 0.2) is 0 Å². The number of thioether (sulfide) groups is 1. The summed E-state index contributed by atoms with van der Waals surface area (Å²) in [6.45, 7) is 1.83. The lowest BCUT2D eigenvalue weighted by Gasteiger charge is -2.09. The summed E-state index contributed by atoms with van der Waals surface area (Å²) in [6.07, 6.45) is 0. The van der Waals surface area contributed by atoms with Crippen LogP contribution in [0.4, 0.5) is 8.78 Å². The minimum atomic E-state index is -2.37. The van der Waals surface area contributed by atoms with Gasteiger partial charge in [-0.2, -0.15) is 8.78 Å². The molecule has 0 unspecified atom stereocenters. The van der Waals surface area contributed by atoms with Gasteiger partial charge in [0, 0.05) is 13.7 Å². The molecule has 0 atom stereocenters. The molecule has 0 saturated heterocycles. The van der Waals surface area contributed by atoms with Crippen molar-refractivity contribution < 1.29 is 17.9 Å². The number of hydrogen-bond donors (Lipinski definition) is 1. The van der Waals surface area contributed by atoms with Crippen molar-refractivity contribution >= 4 is 11.8 Å². The molecule has 0 aliphatic carbocycles. The second-order valence-electron chi connectivity index (χ2n) is 4.74. The van der Waals surface area contributed by atoms with Crippen LogP contribution in [0.2, 0.25) is 0 Å². The van der Waals surface area contributed by atoms with Crippen molar-refractivity contribution in [1.29, 1.82) is 0 Å². The van der Waals surface area contributed by atoms with Gasteiger partial charge in [0.05, 0.1) is 18.9 Å². The van der Waals surface area contributed by atoms with Crippen molar-refractivity contribution in [2.75, 3.05) is 7.11 Å². The predicted octanol–water partition coefficient (Wildman–Crippen LogP) is 4.17. The molecule has 1 aromatic heterocycles. The van der Waals surface area contributed by atoms with Crippen molar-refractivity contribution in [2.45, 2.75) is 31.2 Å². The Balaban J connectivity index is 1.81. The van der Waals surface area contributed by atoms with Crippen LogP contribution in [0, 0.1) is 0 Å². The fraction of sp³-hybridized carbons (Fsp3) is 0.375. The Bertz CT molecular complexity index is 575. The number of nitrogens with one attached hydrogen (secondary N) is 1. The quantitative estimate of drug-likeness (QED) is 0.749. The molecule has 0 aliphatic rings. The third kappa shape index (κ3) is 5.44. The normalized spacial score (nSPS) is 11.3. The molecular formula is C16H19F2NO2S. The monoisotopic (exact) mass is 327 g/mol. The maximum atomic E-state index is 12.1. The lowest BCUT2D eigenvalue weighted by atomic mass is 10.1. The highest BCUT2D eigenvalue weighted by Gasteiger charge is 2.07. The fourth-order valence-corrected chi connectivity index (χ4v) is 2.53. The van der Waals surface area contributed by atoms with Gasteiger partial charge in [0.1, 0.15) is 11.5 Å². The van der Waals surface area contributed by atoms with Crippen LogP contribution in [-0.2, 0) is 30.2 Å². The average molecular weight is 327 g/mol. The van der Waals surface area contributed by atoms with Crippen molar-refractivity contribution in [3.8, 4) is 0 Å². The van der Waals surface area contributed by atoms with E-state index in [9.17, 15) is 8.78 Å². The summed E-state index contributed by atoms with van der Waals surface area (Å²) in [5.74, 6) is -0.867. The van der Waals surface area contributed by atoms with Crippen molar-refractivity contribution in [3.63, 3.8) is 0 Å². The van der Waals surface area contributed by atoms with Gasteiger partial charge < -0.3 is 14.5 Å². The van der Waals surface area contributed by atoms with E-state index in [1.807, 2.05) is 30.3 Å². The highest BCUT2D eigenvalue weighted by molar-refractivity contribution is 7.98. The zero-order valence-electron chi connectivity index (χ0n) is 12.4. The van der Waals surface area contributed by atoms with Crippen molar-refractivity contribution in [3.05, 3.63) is 59.0 Å². The largest absolute Gasteiger partial charge is 0.464 e. The van der Waals surface area contributed by atoms with Gasteiger partial charge in [-0.25, -0.2) is 0 Å². The number of rotatable bonds is 9. The van der Waals surface area contributed by atoms with Gasteiger partial charge >= 0.3 is 0 Å². The van der Waals surface area contributed by atoms with E-state index in [0.29, 0.717) is 37.2 Å². The van der Waals surface area contributed by atoms with E-state index in [1.165, 1.54) is 5.56 Å². The number of hydrogen-bond acceptors (Lipinski definition) is 4. The van der Waals surface area contributed by atoms with E-state index >= 15 is 0 Å². The molecule has 6 heteroatoms. The Kier molecular flexibility index (Phi) is 6.89. The van der Waals surface area contributed by atoms with Crippen molar-refractivity contribution in [1.82, 2.24) is 5.32 Å². The molecule has 120 valence electrons. The van der Waals surface area contributed by atoms with E-state index in [1.54, 1.807) is 13.2 Å². The third-order valence-electron chi connectivity index (χ3n) is 3.10. The van der Waals surface area contributed by atoms with Crippen LogP contribution in [-0.4, -0.2) is 12.9 Å². The molecule has 2 aromatic rings. The van der Waals surface area contributed by atoms with Gasteiger partial charge in [-0.05, 0) is 23.3 Å². The number of furan rings is 1. The van der Waals surface area contributed by atoms with Gasteiger partial charge in [-0.15, -0.1) is 0 Å². The number of ether oxygens (including phenoxy) is 1. The summed E-state index contributed by atoms with van der Waals surface area (Å²) in [4.78, 5) is 0. The first-order valence-electron chi connectivity index (χ1n) is 6.93. The van der Waals surface area contributed by atoms with E-state index < -0.39 is 5.76 Å². The summed E-state index contributed by atoms with van der Waals surface area (Å²) in [5, 5.41) is 3.29. The van der Waals surface area contributed by atoms with Gasteiger partial charge in [-0.1, -0.05) is 36.0 Å². The minimum absolute atomic E-state index is 0.189. The van der Waals surface area contributed by atoms with Gasteiger partial charge in [-0.3, -0.25) is 0 Å². The van der Waals surface area contributed by atoms with E-state index in [0.717, 1.165) is 11.3 Å². The Morgan fingerprint density at radius 1 is 1.09 bits per heavy atom. The zero-order chi connectivity index (χ0) is 15.8. The molecule has 0 radical (unpaired) electrons.